The van der Waals surface area contributed by atoms with Gasteiger partial charge in [-0.05, 0) is 31.9 Å². The summed E-state index contributed by atoms with van der Waals surface area (Å²) in [4.78, 5) is 47.9. The fourth-order valence-electron chi connectivity index (χ4n) is 5.29. The number of ether oxygens (including phenoxy) is 2. The van der Waals surface area contributed by atoms with Gasteiger partial charge in [0.05, 0.1) is 38.0 Å². The Morgan fingerprint density at radius 2 is 1.80 bits per heavy atom. The summed E-state index contributed by atoms with van der Waals surface area (Å²) in [5.74, 6) is 0.657. The molecule has 0 spiro atoms. The Bertz CT molecular complexity index is 1700. The molecule has 0 atom stereocenters. The molecule has 2 aliphatic heterocycles. The second-order valence-corrected chi connectivity index (χ2v) is 11.8. The minimum absolute atomic E-state index is 0.0652. The molecular weight excluding hydrogens is 596 g/mol. The number of rotatable bonds is 12. The van der Waals surface area contributed by atoms with Gasteiger partial charge in [0.1, 0.15) is 17.6 Å². The van der Waals surface area contributed by atoms with Crippen LogP contribution in [0.5, 0.6) is 11.5 Å². The van der Waals surface area contributed by atoms with Crippen LogP contribution >= 0.6 is 11.3 Å². The van der Waals surface area contributed by atoms with E-state index in [0.29, 0.717) is 48.3 Å². The molecule has 3 aromatic rings. The summed E-state index contributed by atoms with van der Waals surface area (Å²) < 4.78 is 14.6. The molecule has 2 aromatic carbocycles. The molecule has 0 bridgehead atoms. The zero-order valence-corrected chi connectivity index (χ0v) is 26.7. The lowest BCUT2D eigenvalue weighted by atomic mass is 10.0. The lowest BCUT2D eigenvalue weighted by Gasteiger charge is -2.33. The Labute approximate surface area is 265 Å². The highest BCUT2D eigenvalue weighted by atomic mass is 32.1. The third-order valence-electron chi connectivity index (χ3n) is 7.63. The minimum atomic E-state index is -0.601. The van der Waals surface area contributed by atoms with E-state index in [-0.39, 0.29) is 19.3 Å². The lowest BCUT2D eigenvalue weighted by Crippen LogP contribution is -2.42. The fourth-order valence-corrected chi connectivity index (χ4v) is 6.37. The van der Waals surface area contributed by atoms with E-state index in [0.717, 1.165) is 39.7 Å². The highest BCUT2D eigenvalue weighted by molar-refractivity contribution is 7.18. The number of hydrogen-bond acceptors (Lipinski definition) is 10. The van der Waals surface area contributed by atoms with Crippen molar-refractivity contribution in [3.63, 3.8) is 0 Å². The van der Waals surface area contributed by atoms with Gasteiger partial charge in [-0.25, -0.2) is 9.79 Å². The predicted octanol–water partition coefficient (Wildman–Crippen LogP) is 4.21. The lowest BCUT2D eigenvalue weighted by molar-refractivity contribution is -0.642. The molecule has 12 nitrogen and oxygen atoms in total. The van der Waals surface area contributed by atoms with Gasteiger partial charge in [0.15, 0.2) is 11.5 Å². The highest BCUT2D eigenvalue weighted by Gasteiger charge is 2.33. The number of benzene rings is 2. The van der Waals surface area contributed by atoms with E-state index in [1.54, 1.807) is 32.5 Å². The highest BCUT2D eigenvalue weighted by Crippen LogP contribution is 2.42. The number of para-hydroxylation sites is 1. The van der Waals surface area contributed by atoms with Crippen LogP contribution in [0.4, 0.5) is 5.69 Å². The minimum Gasteiger partial charge on any atom is -0.493 e. The first kappa shape index (κ1) is 31.6. The molecule has 45 heavy (non-hydrogen) atoms. The van der Waals surface area contributed by atoms with E-state index in [4.69, 9.17) is 24.7 Å². The van der Waals surface area contributed by atoms with Crippen molar-refractivity contribution in [1.29, 1.82) is 5.41 Å². The molecule has 3 heterocycles. The van der Waals surface area contributed by atoms with E-state index in [9.17, 15) is 14.4 Å². The second kappa shape index (κ2) is 13.9. The first-order valence-corrected chi connectivity index (χ1v) is 15.6. The standard InChI is InChI=1S/C32H37N6O6S/c1-20(33)34-19-28-35-22(17-31-36(2)23-10-7-8-11-27(23)45-31)21-16-25(42-3)26(43-4)18-24(21)37(28)15-9-5-6-12-32(41)44-38-29(39)13-14-30(38)40/h7-8,10-11,16-18H,5-6,9,12-15,19H2,1-4H3,(H2,33,34)/q+1. The average molecular weight is 634 g/mol. The molecule has 236 valence electrons. The monoisotopic (exact) mass is 633 g/mol. The average Bonchev–Trinajstić information content (AvgIpc) is 3.52. The summed E-state index contributed by atoms with van der Waals surface area (Å²) in [6, 6.07) is 12.1. The fraction of sp³-hybridized carbons (Fsp3) is 0.375. The van der Waals surface area contributed by atoms with Crippen molar-refractivity contribution in [2.45, 2.75) is 45.4 Å². The van der Waals surface area contributed by atoms with Crippen molar-refractivity contribution in [1.82, 2.24) is 10.4 Å². The van der Waals surface area contributed by atoms with Gasteiger partial charge in [0.2, 0.25) is 5.52 Å². The maximum Gasteiger partial charge on any atom is 0.333 e. The molecule has 2 amide bonds. The van der Waals surface area contributed by atoms with E-state index in [1.807, 2.05) is 31.3 Å². The van der Waals surface area contributed by atoms with Crippen LogP contribution in [-0.4, -0.2) is 61.8 Å². The zero-order chi connectivity index (χ0) is 32.1. The number of unbranched alkanes of at least 4 members (excludes halogenated alkanes) is 2. The number of aromatic nitrogens is 1. The molecule has 0 radical (unpaired) electrons. The number of hydroxylamine groups is 2. The van der Waals surface area contributed by atoms with Crippen LogP contribution < -0.4 is 24.3 Å². The van der Waals surface area contributed by atoms with Crippen LogP contribution in [0.3, 0.4) is 0 Å². The molecule has 5 rings (SSSR count). The van der Waals surface area contributed by atoms with Crippen LogP contribution in [0.1, 0.15) is 56.0 Å². The maximum absolute atomic E-state index is 12.3. The summed E-state index contributed by atoms with van der Waals surface area (Å²) in [6.07, 6.45) is 4.24. The summed E-state index contributed by atoms with van der Waals surface area (Å²) >= 11 is 1.68. The smallest absolute Gasteiger partial charge is 0.333 e. The quantitative estimate of drug-likeness (QED) is 0.0995. The molecule has 1 fully saturated rings. The van der Waals surface area contributed by atoms with Crippen molar-refractivity contribution >= 4 is 68.5 Å². The number of carbonyl (C=O) groups is 3. The largest absolute Gasteiger partial charge is 0.493 e. The molecule has 0 unspecified atom stereocenters. The maximum atomic E-state index is 12.3. The Morgan fingerprint density at radius 3 is 2.49 bits per heavy atom. The SMILES string of the molecule is COc1cc2c(cc1OC)N(CCCCCC(=O)ON1C(=O)CCC1=O)C(CNC(C)=N)=NC2=Cc1sc2ccccc2[n+]1C. The molecule has 2 N–H and O–H groups in total. The van der Waals surface area contributed by atoms with E-state index < -0.39 is 17.8 Å². The molecule has 0 aliphatic carbocycles. The number of hydrogen-bond donors (Lipinski definition) is 2. The number of nitrogens with one attached hydrogen (secondary N) is 2. The number of aliphatic imine (C=N–C) groups is 1. The Hall–Kier alpha value is -4.78. The first-order chi connectivity index (χ1) is 21.7. The van der Waals surface area contributed by atoms with E-state index >= 15 is 0 Å². The van der Waals surface area contributed by atoms with Gasteiger partial charge >= 0.3 is 5.97 Å². The van der Waals surface area contributed by atoms with Crippen molar-refractivity contribution in [3.05, 3.63) is 47.0 Å². The molecule has 0 saturated carbocycles. The first-order valence-electron chi connectivity index (χ1n) is 14.8. The number of amidine groups is 2. The molecule has 13 heteroatoms. The molecule has 2 aliphatic rings. The van der Waals surface area contributed by atoms with Crippen LogP contribution in [-0.2, 0) is 26.3 Å². The Kier molecular flexibility index (Phi) is 9.77. The van der Waals surface area contributed by atoms with Gasteiger partial charge < -0.3 is 24.5 Å². The van der Waals surface area contributed by atoms with Crippen molar-refractivity contribution < 1.29 is 33.3 Å². The number of aryl methyl sites for hydroxylation is 1. The summed E-state index contributed by atoms with van der Waals surface area (Å²) in [7, 11) is 5.24. The van der Waals surface area contributed by atoms with Gasteiger partial charge in [-0.2, -0.15) is 4.57 Å². The van der Waals surface area contributed by atoms with Crippen LogP contribution in [0, 0.1) is 5.41 Å². The van der Waals surface area contributed by atoms with Crippen LogP contribution in [0.2, 0.25) is 0 Å². The third-order valence-corrected chi connectivity index (χ3v) is 8.80. The number of nitrogens with zero attached hydrogens (tertiary/aromatic N) is 4. The van der Waals surface area contributed by atoms with Gasteiger partial charge in [-0.1, -0.05) is 29.9 Å². The normalized spacial score (nSPS) is 15.4. The molecule has 1 aromatic heterocycles. The van der Waals surface area contributed by atoms with Crippen molar-refractivity contribution in [3.8, 4) is 11.5 Å². The summed E-state index contributed by atoms with van der Waals surface area (Å²) in [6.45, 7) is 2.61. The number of imide groups is 1. The number of amides is 2. The van der Waals surface area contributed by atoms with Gasteiger partial charge in [0.25, 0.3) is 16.8 Å². The number of fused-ring (bicyclic) bond motifs is 2. The van der Waals surface area contributed by atoms with Gasteiger partial charge in [-0.15, -0.1) is 5.06 Å². The summed E-state index contributed by atoms with van der Waals surface area (Å²) in [5, 5.41) is 12.7. The number of anilines is 1. The van der Waals surface area contributed by atoms with Crippen LogP contribution in [0.25, 0.3) is 22.0 Å². The third kappa shape index (κ3) is 6.98. The number of carbonyl (C=O) groups excluding carboxylic acids is 3. The van der Waals surface area contributed by atoms with Gasteiger partial charge in [0, 0.05) is 49.6 Å². The van der Waals surface area contributed by atoms with E-state index in [1.165, 1.54) is 4.70 Å². The Morgan fingerprint density at radius 1 is 1.09 bits per heavy atom. The second-order valence-electron chi connectivity index (χ2n) is 10.7. The topological polar surface area (TPSA) is 138 Å². The van der Waals surface area contributed by atoms with Crippen LogP contribution in [0.15, 0.2) is 41.4 Å². The van der Waals surface area contributed by atoms with Gasteiger partial charge in [-0.3, -0.25) is 15.0 Å². The summed E-state index contributed by atoms with van der Waals surface area (Å²) in [5.41, 5.74) is 3.66. The number of methoxy groups -OCH3 is 2. The number of thiazole rings is 1. The molecular formula is C32H37N6O6S+. The Balaban J connectivity index is 1.40. The predicted molar refractivity (Wildman–Crippen MR) is 172 cm³/mol. The molecule has 1 saturated heterocycles. The van der Waals surface area contributed by atoms with E-state index in [2.05, 4.69) is 33.0 Å². The zero-order valence-electron chi connectivity index (χ0n) is 25.8. The van der Waals surface area contributed by atoms with Crippen molar-refractivity contribution in [2.75, 3.05) is 32.2 Å². The van der Waals surface area contributed by atoms with Crippen molar-refractivity contribution in [2.24, 2.45) is 12.0 Å².